The van der Waals surface area contributed by atoms with Crippen molar-refractivity contribution in [3.63, 3.8) is 0 Å². The molecular formula is C22H22ClFN2O. The van der Waals surface area contributed by atoms with Gasteiger partial charge < -0.3 is 4.90 Å². The first-order valence-corrected chi connectivity index (χ1v) is 9.90. The van der Waals surface area contributed by atoms with E-state index in [1.54, 1.807) is 17.0 Å². The number of rotatable bonds is 3. The van der Waals surface area contributed by atoms with Crippen molar-refractivity contribution in [3.05, 3.63) is 64.7 Å². The fraction of sp³-hybridized carbons (Fsp3) is 0.364. The van der Waals surface area contributed by atoms with E-state index in [1.165, 1.54) is 19.3 Å². The molecule has 2 aliphatic rings. The molecule has 0 N–H and O–H groups in total. The van der Waals surface area contributed by atoms with Crippen molar-refractivity contribution in [2.45, 2.75) is 38.4 Å². The molecule has 1 atom stereocenters. The van der Waals surface area contributed by atoms with Gasteiger partial charge in [0.1, 0.15) is 0 Å². The summed E-state index contributed by atoms with van der Waals surface area (Å²) in [5.41, 5.74) is 2.65. The maximum atomic E-state index is 14.8. The Kier molecular flexibility index (Phi) is 5.26. The third kappa shape index (κ3) is 3.77. The number of carbonyl (C=O) groups excluding carboxylic acids is 1. The Labute approximate surface area is 163 Å². The lowest BCUT2D eigenvalue weighted by atomic mass is 9.88. The highest BCUT2D eigenvalue weighted by atomic mass is 35.5. The van der Waals surface area contributed by atoms with Gasteiger partial charge in [-0.1, -0.05) is 61.2 Å². The van der Waals surface area contributed by atoms with Crippen LogP contribution in [0.1, 0.15) is 43.2 Å². The molecule has 3 nitrogen and oxygen atoms in total. The highest BCUT2D eigenvalue weighted by Gasteiger charge is 2.33. The second-order valence-electron chi connectivity index (χ2n) is 7.29. The summed E-state index contributed by atoms with van der Waals surface area (Å²) in [6.45, 7) is 0.533. The summed E-state index contributed by atoms with van der Waals surface area (Å²) >= 11 is 6.24. The second kappa shape index (κ2) is 7.81. The standard InChI is InChI=1S/C22H22ClFN2O/c23-17-11-12-19-18(13-17)20(16-9-5-2-6-10-16)25-21(24)22(27)26(19)14-15-7-3-1-4-8-15/h2,5-6,9-13,15,21H,1,3-4,7-8,14H2. The van der Waals surface area contributed by atoms with Gasteiger partial charge in [0, 0.05) is 22.7 Å². The van der Waals surface area contributed by atoms with Crippen LogP contribution in [0.5, 0.6) is 0 Å². The van der Waals surface area contributed by atoms with Crippen LogP contribution in [-0.2, 0) is 4.79 Å². The molecule has 27 heavy (non-hydrogen) atoms. The van der Waals surface area contributed by atoms with Crippen molar-refractivity contribution < 1.29 is 9.18 Å². The number of carbonyl (C=O) groups is 1. The molecule has 2 aromatic carbocycles. The van der Waals surface area contributed by atoms with Crippen molar-refractivity contribution in [2.75, 3.05) is 11.4 Å². The summed E-state index contributed by atoms with van der Waals surface area (Å²) in [5, 5.41) is 0.541. The minimum absolute atomic E-state index is 0.400. The van der Waals surface area contributed by atoms with Gasteiger partial charge in [-0.2, -0.15) is 0 Å². The molecule has 0 radical (unpaired) electrons. The fourth-order valence-corrected chi connectivity index (χ4v) is 4.23. The number of fused-ring (bicyclic) bond motifs is 1. The lowest BCUT2D eigenvalue weighted by molar-refractivity contribution is -0.123. The molecule has 1 fully saturated rings. The molecule has 5 heteroatoms. The first-order chi connectivity index (χ1) is 13.1. The van der Waals surface area contributed by atoms with E-state index in [4.69, 9.17) is 11.6 Å². The molecule has 1 saturated carbocycles. The van der Waals surface area contributed by atoms with Gasteiger partial charge in [0.2, 0.25) is 0 Å². The number of anilines is 1. The number of alkyl halides is 1. The van der Waals surface area contributed by atoms with Crippen molar-refractivity contribution in [3.8, 4) is 0 Å². The molecule has 1 aliphatic heterocycles. The number of aliphatic imine (C=N–C) groups is 1. The van der Waals surface area contributed by atoms with Crippen LogP contribution in [0.15, 0.2) is 53.5 Å². The third-order valence-corrected chi connectivity index (χ3v) is 5.66. The predicted molar refractivity (Wildman–Crippen MR) is 107 cm³/mol. The molecule has 0 aromatic heterocycles. The Morgan fingerprint density at radius 3 is 2.56 bits per heavy atom. The van der Waals surface area contributed by atoms with Crippen molar-refractivity contribution in [2.24, 2.45) is 10.9 Å². The maximum absolute atomic E-state index is 14.8. The van der Waals surface area contributed by atoms with Gasteiger partial charge in [-0.05, 0) is 37.0 Å². The molecule has 1 unspecified atom stereocenters. The van der Waals surface area contributed by atoms with Crippen LogP contribution in [0.25, 0.3) is 0 Å². The Bertz CT molecular complexity index is 862. The van der Waals surface area contributed by atoms with Crippen LogP contribution in [0.3, 0.4) is 0 Å². The summed E-state index contributed by atoms with van der Waals surface area (Å²) in [5.74, 6) is -0.188. The van der Waals surface area contributed by atoms with Gasteiger partial charge in [0.15, 0.2) is 0 Å². The van der Waals surface area contributed by atoms with Crippen molar-refractivity contribution in [1.82, 2.24) is 0 Å². The zero-order valence-corrected chi connectivity index (χ0v) is 15.8. The number of benzodiazepines with no additional fused rings is 1. The number of amides is 1. The van der Waals surface area contributed by atoms with Gasteiger partial charge in [0.05, 0.1) is 11.4 Å². The molecule has 1 aliphatic carbocycles. The lowest BCUT2D eigenvalue weighted by Gasteiger charge is -2.30. The van der Waals surface area contributed by atoms with E-state index in [2.05, 4.69) is 4.99 Å². The molecule has 2 aromatic rings. The van der Waals surface area contributed by atoms with Gasteiger partial charge in [0.25, 0.3) is 12.2 Å². The molecule has 0 bridgehead atoms. The van der Waals surface area contributed by atoms with Gasteiger partial charge >= 0.3 is 0 Å². The van der Waals surface area contributed by atoms with E-state index < -0.39 is 12.2 Å². The van der Waals surface area contributed by atoms with Crippen LogP contribution in [-0.4, -0.2) is 24.5 Å². The highest BCUT2D eigenvalue weighted by Crippen LogP contribution is 2.34. The first kappa shape index (κ1) is 18.2. The largest absolute Gasteiger partial charge is 0.307 e. The van der Waals surface area contributed by atoms with E-state index in [-0.39, 0.29) is 0 Å². The molecule has 0 saturated heterocycles. The van der Waals surface area contributed by atoms with Crippen LogP contribution < -0.4 is 4.90 Å². The topological polar surface area (TPSA) is 32.7 Å². The van der Waals surface area contributed by atoms with Gasteiger partial charge in [-0.25, -0.2) is 9.38 Å². The van der Waals surface area contributed by atoms with Crippen molar-refractivity contribution >= 4 is 28.9 Å². The minimum atomic E-state index is -1.91. The number of halogens is 2. The van der Waals surface area contributed by atoms with E-state index >= 15 is 0 Å². The Hall–Kier alpha value is -2.20. The Morgan fingerprint density at radius 1 is 1.07 bits per heavy atom. The summed E-state index contributed by atoms with van der Waals surface area (Å²) in [7, 11) is 0. The molecule has 140 valence electrons. The zero-order chi connectivity index (χ0) is 18.8. The zero-order valence-electron chi connectivity index (χ0n) is 15.1. The number of hydrogen-bond acceptors (Lipinski definition) is 2. The fourth-order valence-electron chi connectivity index (χ4n) is 4.06. The van der Waals surface area contributed by atoms with Crippen molar-refractivity contribution in [1.29, 1.82) is 0 Å². The summed E-state index contributed by atoms with van der Waals surface area (Å²) in [6.07, 6.45) is 3.83. The van der Waals surface area contributed by atoms with E-state index in [1.807, 2.05) is 36.4 Å². The van der Waals surface area contributed by atoms with Gasteiger partial charge in [-0.15, -0.1) is 0 Å². The number of nitrogens with zero attached hydrogens (tertiary/aromatic N) is 2. The quantitative estimate of drug-likeness (QED) is 0.652. The lowest BCUT2D eigenvalue weighted by Crippen LogP contribution is -2.40. The van der Waals surface area contributed by atoms with Gasteiger partial charge in [-0.3, -0.25) is 4.79 Å². The highest BCUT2D eigenvalue weighted by molar-refractivity contribution is 6.32. The predicted octanol–water partition coefficient (Wildman–Crippen LogP) is 5.40. The molecule has 0 spiro atoms. The Balaban J connectivity index is 1.79. The minimum Gasteiger partial charge on any atom is -0.307 e. The molecular weight excluding hydrogens is 363 g/mol. The van der Waals surface area contributed by atoms with Crippen LogP contribution in [0.4, 0.5) is 10.1 Å². The van der Waals surface area contributed by atoms with Crippen LogP contribution >= 0.6 is 11.6 Å². The van der Waals surface area contributed by atoms with Crippen LogP contribution in [0.2, 0.25) is 5.02 Å². The van der Waals surface area contributed by atoms with E-state index in [0.717, 1.165) is 18.4 Å². The molecule has 4 rings (SSSR count). The van der Waals surface area contributed by atoms with E-state index in [9.17, 15) is 9.18 Å². The summed E-state index contributed by atoms with van der Waals surface area (Å²) in [4.78, 5) is 18.6. The van der Waals surface area contributed by atoms with Crippen LogP contribution in [0, 0.1) is 5.92 Å². The third-order valence-electron chi connectivity index (χ3n) is 5.43. The maximum Gasteiger partial charge on any atom is 0.284 e. The first-order valence-electron chi connectivity index (χ1n) is 9.52. The normalized spacial score (nSPS) is 20.8. The van der Waals surface area contributed by atoms with E-state index in [0.29, 0.717) is 34.4 Å². The summed E-state index contributed by atoms with van der Waals surface area (Å²) < 4.78 is 14.8. The molecule has 1 heterocycles. The number of benzene rings is 2. The average molecular weight is 385 g/mol. The Morgan fingerprint density at radius 2 is 1.81 bits per heavy atom. The number of hydrogen-bond donors (Lipinski definition) is 0. The SMILES string of the molecule is O=C1C(F)N=C(c2ccccc2)c2cc(Cl)ccc2N1CC1CCCCC1. The second-order valence-corrected chi connectivity index (χ2v) is 7.73. The summed E-state index contributed by atoms with van der Waals surface area (Å²) in [6, 6.07) is 14.7. The molecule has 1 amide bonds. The monoisotopic (exact) mass is 384 g/mol. The average Bonchev–Trinajstić information content (AvgIpc) is 2.80. The smallest absolute Gasteiger partial charge is 0.284 e.